The zero-order chi connectivity index (χ0) is 24.7. The fourth-order valence-electron chi connectivity index (χ4n) is 3.32. The second kappa shape index (κ2) is 11.1. The fraction of sp³-hybridized carbons (Fsp3) is 0.269. The van der Waals surface area contributed by atoms with Gasteiger partial charge in [-0.3, -0.25) is 9.10 Å². The molecule has 8 heteroatoms. The summed E-state index contributed by atoms with van der Waals surface area (Å²) in [5, 5.41) is 2.80. The van der Waals surface area contributed by atoms with Crippen LogP contribution in [0.4, 0.5) is 5.69 Å². The Bertz CT molecular complexity index is 1210. The van der Waals surface area contributed by atoms with Gasteiger partial charge in [0.05, 0.1) is 23.8 Å². The van der Waals surface area contributed by atoms with Gasteiger partial charge >= 0.3 is 0 Å². The lowest BCUT2D eigenvalue weighted by Gasteiger charge is -2.25. The first-order valence-corrected chi connectivity index (χ1v) is 12.4. The first-order valence-electron chi connectivity index (χ1n) is 11.0. The molecule has 3 rings (SSSR count). The van der Waals surface area contributed by atoms with Crippen molar-refractivity contribution in [2.75, 3.05) is 18.0 Å². The Morgan fingerprint density at radius 1 is 0.971 bits per heavy atom. The molecule has 180 valence electrons. The number of sulfonamides is 1. The number of hydrogen-bond donors (Lipinski definition) is 1. The van der Waals surface area contributed by atoms with Gasteiger partial charge in [-0.25, -0.2) is 8.42 Å². The molecule has 34 heavy (non-hydrogen) atoms. The van der Waals surface area contributed by atoms with Crippen molar-refractivity contribution < 1.29 is 22.7 Å². The highest BCUT2D eigenvalue weighted by Crippen LogP contribution is 2.32. The van der Waals surface area contributed by atoms with Crippen molar-refractivity contribution >= 4 is 21.6 Å². The molecule has 3 aromatic rings. The lowest BCUT2D eigenvalue weighted by Crippen LogP contribution is -2.40. The van der Waals surface area contributed by atoms with Crippen molar-refractivity contribution in [2.24, 2.45) is 0 Å². The van der Waals surface area contributed by atoms with Crippen LogP contribution >= 0.6 is 0 Å². The zero-order valence-electron chi connectivity index (χ0n) is 19.8. The van der Waals surface area contributed by atoms with Crippen LogP contribution in [0.2, 0.25) is 0 Å². The van der Waals surface area contributed by atoms with E-state index in [1.807, 2.05) is 45.0 Å². The largest absolute Gasteiger partial charge is 0.495 e. The predicted molar refractivity (Wildman–Crippen MR) is 133 cm³/mol. The van der Waals surface area contributed by atoms with Gasteiger partial charge in [0.15, 0.2) is 0 Å². The van der Waals surface area contributed by atoms with E-state index in [4.69, 9.17) is 9.47 Å². The van der Waals surface area contributed by atoms with Gasteiger partial charge in [0.2, 0.25) is 5.91 Å². The van der Waals surface area contributed by atoms with E-state index in [9.17, 15) is 13.2 Å². The van der Waals surface area contributed by atoms with Crippen LogP contribution in [0.3, 0.4) is 0 Å². The van der Waals surface area contributed by atoms with Crippen molar-refractivity contribution in [1.82, 2.24) is 5.32 Å². The van der Waals surface area contributed by atoms with E-state index < -0.39 is 22.5 Å². The molecule has 0 aromatic heterocycles. The lowest BCUT2D eigenvalue weighted by molar-refractivity contribution is -0.119. The highest BCUT2D eigenvalue weighted by Gasteiger charge is 2.29. The number of carbonyl (C=O) groups excluding carboxylic acids is 1. The molecule has 0 saturated carbocycles. The maximum Gasteiger partial charge on any atom is 0.264 e. The number of benzene rings is 3. The maximum absolute atomic E-state index is 13.5. The van der Waals surface area contributed by atoms with Crippen LogP contribution in [0.1, 0.15) is 25.0 Å². The van der Waals surface area contributed by atoms with Gasteiger partial charge in [-0.2, -0.15) is 0 Å². The second-order valence-electron chi connectivity index (χ2n) is 8.08. The molecule has 1 amide bonds. The van der Waals surface area contributed by atoms with Crippen molar-refractivity contribution in [3.63, 3.8) is 0 Å². The summed E-state index contributed by atoms with van der Waals surface area (Å²) in [6.45, 7) is 5.64. The first kappa shape index (κ1) is 25.1. The Labute approximate surface area is 201 Å². The summed E-state index contributed by atoms with van der Waals surface area (Å²) in [6, 6.07) is 20.6. The van der Waals surface area contributed by atoms with Gasteiger partial charge in [-0.05, 0) is 62.7 Å². The molecule has 0 aliphatic carbocycles. The van der Waals surface area contributed by atoms with Crippen LogP contribution in [0.15, 0.2) is 77.7 Å². The number of methoxy groups -OCH3 is 1. The molecule has 0 fully saturated rings. The molecule has 0 aliphatic rings. The van der Waals surface area contributed by atoms with Gasteiger partial charge in [-0.1, -0.05) is 42.0 Å². The number of nitrogens with zero attached hydrogens (tertiary/aromatic N) is 1. The molecule has 0 heterocycles. The molecular weight excluding hydrogens is 452 g/mol. The second-order valence-corrected chi connectivity index (χ2v) is 9.95. The topological polar surface area (TPSA) is 84.9 Å². The van der Waals surface area contributed by atoms with E-state index in [0.29, 0.717) is 5.75 Å². The standard InChI is InChI=1S/C26H30N2O5S/c1-19(2)33-22-13-11-21(12-14-22)17-27-26(29)18-28(24-7-5-6-8-25(24)32-4)34(30,31)23-15-9-20(3)10-16-23/h5-16,19H,17-18H2,1-4H3,(H,27,29). The molecule has 0 aliphatic heterocycles. The molecule has 0 atom stereocenters. The van der Waals surface area contributed by atoms with Crippen LogP contribution < -0.4 is 19.1 Å². The molecule has 3 aromatic carbocycles. The number of anilines is 1. The average molecular weight is 483 g/mol. The molecule has 0 saturated heterocycles. The van der Waals surface area contributed by atoms with E-state index in [-0.39, 0.29) is 23.2 Å². The van der Waals surface area contributed by atoms with E-state index in [2.05, 4.69) is 5.32 Å². The first-order chi connectivity index (χ1) is 16.2. The Hall–Kier alpha value is -3.52. The Morgan fingerprint density at radius 3 is 2.24 bits per heavy atom. The van der Waals surface area contributed by atoms with Crippen molar-refractivity contribution in [3.8, 4) is 11.5 Å². The number of ether oxygens (including phenoxy) is 2. The van der Waals surface area contributed by atoms with Crippen LogP contribution in [0, 0.1) is 6.92 Å². The number of para-hydroxylation sites is 2. The highest BCUT2D eigenvalue weighted by atomic mass is 32.2. The van der Waals surface area contributed by atoms with Crippen LogP contribution in [0.5, 0.6) is 11.5 Å². The Morgan fingerprint density at radius 2 is 1.62 bits per heavy atom. The summed E-state index contributed by atoms with van der Waals surface area (Å²) in [5.41, 5.74) is 2.09. The summed E-state index contributed by atoms with van der Waals surface area (Å²) in [6.07, 6.45) is 0.0713. The van der Waals surface area contributed by atoms with Crippen LogP contribution in [-0.4, -0.2) is 34.1 Å². The number of carbonyl (C=O) groups is 1. The van der Waals surface area contributed by atoms with Gasteiger partial charge in [0.25, 0.3) is 10.0 Å². The van der Waals surface area contributed by atoms with Crippen molar-refractivity contribution in [2.45, 2.75) is 38.3 Å². The van der Waals surface area contributed by atoms with E-state index >= 15 is 0 Å². The molecule has 0 unspecified atom stereocenters. The number of aryl methyl sites for hydroxylation is 1. The van der Waals surface area contributed by atoms with Crippen LogP contribution in [0.25, 0.3) is 0 Å². The average Bonchev–Trinajstić information content (AvgIpc) is 2.82. The normalized spacial score (nSPS) is 11.2. The lowest BCUT2D eigenvalue weighted by atomic mass is 10.2. The van der Waals surface area contributed by atoms with E-state index in [1.54, 1.807) is 36.4 Å². The SMILES string of the molecule is COc1ccccc1N(CC(=O)NCc1ccc(OC(C)C)cc1)S(=O)(=O)c1ccc(C)cc1. The minimum absolute atomic E-state index is 0.0713. The summed E-state index contributed by atoms with van der Waals surface area (Å²) in [5.74, 6) is 0.660. The van der Waals surface area contributed by atoms with E-state index in [0.717, 1.165) is 21.2 Å². The third kappa shape index (κ3) is 6.29. The summed E-state index contributed by atoms with van der Waals surface area (Å²) in [4.78, 5) is 13.0. The summed E-state index contributed by atoms with van der Waals surface area (Å²) < 4.78 is 39.1. The maximum atomic E-state index is 13.5. The van der Waals surface area contributed by atoms with Gasteiger partial charge in [0, 0.05) is 6.54 Å². The van der Waals surface area contributed by atoms with Crippen molar-refractivity contribution in [1.29, 1.82) is 0 Å². The summed E-state index contributed by atoms with van der Waals surface area (Å²) >= 11 is 0. The molecule has 7 nitrogen and oxygen atoms in total. The molecule has 0 radical (unpaired) electrons. The molecule has 0 spiro atoms. The molecular formula is C26H30N2O5S. The number of rotatable bonds is 10. The Kier molecular flexibility index (Phi) is 8.17. The van der Waals surface area contributed by atoms with E-state index in [1.165, 1.54) is 19.2 Å². The van der Waals surface area contributed by atoms with Gasteiger partial charge in [0.1, 0.15) is 18.0 Å². The molecule has 0 bridgehead atoms. The van der Waals surface area contributed by atoms with Gasteiger partial charge in [-0.15, -0.1) is 0 Å². The smallest absolute Gasteiger partial charge is 0.264 e. The Balaban J connectivity index is 1.81. The van der Waals surface area contributed by atoms with Gasteiger partial charge < -0.3 is 14.8 Å². The molecule has 1 N–H and O–H groups in total. The van der Waals surface area contributed by atoms with Crippen molar-refractivity contribution in [3.05, 3.63) is 83.9 Å². The van der Waals surface area contributed by atoms with Crippen LogP contribution in [-0.2, 0) is 21.4 Å². The quantitative estimate of drug-likeness (QED) is 0.466. The minimum Gasteiger partial charge on any atom is -0.495 e. The summed E-state index contributed by atoms with van der Waals surface area (Å²) in [7, 11) is -2.56. The number of hydrogen-bond acceptors (Lipinski definition) is 5. The predicted octanol–water partition coefficient (Wildman–Crippen LogP) is 4.30. The zero-order valence-corrected chi connectivity index (χ0v) is 20.6. The number of amides is 1. The number of nitrogens with one attached hydrogen (secondary N) is 1. The third-order valence-corrected chi connectivity index (χ3v) is 6.81. The monoisotopic (exact) mass is 482 g/mol. The minimum atomic E-state index is -4.02. The highest BCUT2D eigenvalue weighted by molar-refractivity contribution is 7.92. The third-order valence-electron chi connectivity index (χ3n) is 5.03. The fourth-order valence-corrected chi connectivity index (χ4v) is 4.75.